The first-order chi connectivity index (χ1) is 22.2. The van der Waals surface area contributed by atoms with Crippen molar-refractivity contribution in [3.05, 3.63) is 90.9 Å². The van der Waals surface area contributed by atoms with E-state index in [1.807, 2.05) is 0 Å². The molecule has 0 heterocycles. The molecule has 0 radical (unpaired) electrons. The highest BCUT2D eigenvalue weighted by Gasteiger charge is 2.36. The predicted molar refractivity (Wildman–Crippen MR) is 182 cm³/mol. The number of hydrogen-bond acceptors (Lipinski definition) is 7. The first-order valence-corrected chi connectivity index (χ1v) is 17.5. The van der Waals surface area contributed by atoms with Crippen LogP contribution in [0.15, 0.2) is 59.5 Å². The molecule has 1 atom stereocenters. The number of rotatable bonds is 12. The van der Waals surface area contributed by atoms with Gasteiger partial charge in [-0.15, -0.1) is 0 Å². The topological polar surface area (TPSA) is 139 Å². The van der Waals surface area contributed by atoms with Crippen molar-refractivity contribution < 1.29 is 27.7 Å². The van der Waals surface area contributed by atoms with Crippen molar-refractivity contribution in [3.8, 4) is 5.75 Å². The summed E-state index contributed by atoms with van der Waals surface area (Å²) in [7, 11) is -3.35. The minimum atomic E-state index is -4.67. The molecule has 0 aromatic heterocycles. The van der Waals surface area contributed by atoms with Gasteiger partial charge in [-0.2, -0.15) is 0 Å². The second-order valence-corrected chi connectivity index (χ2v) is 14.4. The Labute approximate surface area is 288 Å². The van der Waals surface area contributed by atoms with Gasteiger partial charge in [0.15, 0.2) is 0 Å². The van der Waals surface area contributed by atoms with E-state index in [1.54, 1.807) is 25.1 Å². The highest BCUT2D eigenvalue weighted by atomic mass is 35.5. The lowest BCUT2D eigenvalue weighted by Gasteiger charge is -2.34. The number of carbonyl (C=O) groups is 2. The van der Waals surface area contributed by atoms with Gasteiger partial charge in [0.25, 0.3) is 15.7 Å². The monoisotopic (exact) mass is 724 g/mol. The Morgan fingerprint density at radius 1 is 1.04 bits per heavy atom. The lowest BCUT2D eigenvalue weighted by molar-refractivity contribution is -0.385. The van der Waals surface area contributed by atoms with Crippen LogP contribution in [0.25, 0.3) is 0 Å². The van der Waals surface area contributed by atoms with Crippen molar-refractivity contribution in [1.29, 1.82) is 0 Å². The minimum Gasteiger partial charge on any atom is -0.495 e. The number of amides is 2. The summed E-state index contributed by atoms with van der Waals surface area (Å²) >= 11 is 19.2. The molecule has 0 saturated heterocycles. The SMILES string of the molecule is COc1ccc(Cl)cc1N(CC(=O)N(Cc1c(Cl)cccc1Cl)[C@@H](C)C(=O)NC1CCCCC1)S(=O)(=O)c1ccc(C)c([N+](=O)[O-])c1. The number of ether oxygens (including phenoxy) is 1. The second kappa shape index (κ2) is 15.5. The molecule has 1 fully saturated rings. The minimum absolute atomic E-state index is 0.0514. The Hall–Kier alpha value is -3.58. The van der Waals surface area contributed by atoms with E-state index in [2.05, 4.69) is 5.32 Å². The number of carbonyl (C=O) groups excluding carboxylic acids is 2. The number of benzene rings is 3. The van der Waals surface area contributed by atoms with E-state index in [4.69, 9.17) is 39.5 Å². The maximum atomic E-state index is 14.4. The van der Waals surface area contributed by atoms with Gasteiger partial charge >= 0.3 is 0 Å². The Kier molecular flexibility index (Phi) is 12.0. The van der Waals surface area contributed by atoms with Crippen molar-refractivity contribution >= 4 is 68.0 Å². The van der Waals surface area contributed by atoms with Crippen molar-refractivity contribution in [2.75, 3.05) is 18.0 Å². The molecule has 2 amide bonds. The van der Waals surface area contributed by atoms with Gasteiger partial charge in [-0.1, -0.05) is 66.2 Å². The molecular formula is C32H35Cl3N4O7S. The predicted octanol–water partition coefficient (Wildman–Crippen LogP) is 6.93. The van der Waals surface area contributed by atoms with Crippen molar-refractivity contribution in [2.45, 2.75) is 69.5 Å². The highest BCUT2D eigenvalue weighted by Crippen LogP contribution is 2.36. The number of anilines is 1. The Morgan fingerprint density at radius 2 is 1.70 bits per heavy atom. The Bertz CT molecular complexity index is 1750. The van der Waals surface area contributed by atoms with Crippen LogP contribution in [0.3, 0.4) is 0 Å². The molecule has 1 aliphatic rings. The number of nitrogens with zero attached hydrogens (tertiary/aromatic N) is 3. The molecule has 4 rings (SSSR count). The number of nitro benzene ring substituents is 1. The van der Waals surface area contributed by atoms with E-state index in [9.17, 15) is 28.1 Å². The summed E-state index contributed by atoms with van der Waals surface area (Å²) in [5.41, 5.74) is 0.105. The number of nitro groups is 1. The van der Waals surface area contributed by atoms with Crippen molar-refractivity contribution in [2.24, 2.45) is 0 Å². The van der Waals surface area contributed by atoms with Crippen LogP contribution in [-0.2, 0) is 26.2 Å². The lowest BCUT2D eigenvalue weighted by Crippen LogP contribution is -2.53. The molecule has 1 aliphatic carbocycles. The lowest BCUT2D eigenvalue weighted by atomic mass is 9.95. The van der Waals surface area contributed by atoms with E-state index in [0.717, 1.165) is 42.5 Å². The maximum absolute atomic E-state index is 14.4. The summed E-state index contributed by atoms with van der Waals surface area (Å²) < 4.78 is 34.8. The fraction of sp³-hybridized carbons (Fsp3) is 0.375. The fourth-order valence-corrected chi connectivity index (χ4v) is 7.57. The average molecular weight is 726 g/mol. The molecule has 11 nitrogen and oxygen atoms in total. The molecule has 252 valence electrons. The molecule has 1 saturated carbocycles. The number of hydrogen-bond donors (Lipinski definition) is 1. The fourth-order valence-electron chi connectivity index (χ4n) is 5.45. The van der Waals surface area contributed by atoms with Crippen LogP contribution in [0.2, 0.25) is 15.1 Å². The zero-order chi connectivity index (χ0) is 34.5. The summed E-state index contributed by atoms with van der Waals surface area (Å²) in [6, 6.07) is 11.4. The molecule has 0 aliphatic heterocycles. The van der Waals surface area contributed by atoms with E-state index in [-0.39, 0.29) is 44.7 Å². The molecule has 15 heteroatoms. The summed E-state index contributed by atoms with van der Waals surface area (Å²) in [4.78, 5) is 39.7. The van der Waals surface area contributed by atoms with Gasteiger partial charge in [0.2, 0.25) is 11.8 Å². The zero-order valence-corrected chi connectivity index (χ0v) is 29.1. The number of halogens is 3. The van der Waals surface area contributed by atoms with Crippen LogP contribution in [0.5, 0.6) is 5.75 Å². The number of aryl methyl sites for hydroxylation is 1. The van der Waals surface area contributed by atoms with Crippen LogP contribution in [0.1, 0.15) is 50.2 Å². The van der Waals surface area contributed by atoms with Crippen LogP contribution < -0.4 is 14.4 Å². The highest BCUT2D eigenvalue weighted by molar-refractivity contribution is 7.92. The number of nitrogens with one attached hydrogen (secondary N) is 1. The smallest absolute Gasteiger partial charge is 0.273 e. The normalized spacial score (nSPS) is 14.3. The molecule has 0 spiro atoms. The molecule has 3 aromatic rings. The Morgan fingerprint density at radius 3 is 2.32 bits per heavy atom. The number of sulfonamides is 1. The quantitative estimate of drug-likeness (QED) is 0.158. The third kappa shape index (κ3) is 8.48. The van der Waals surface area contributed by atoms with Crippen LogP contribution >= 0.6 is 34.8 Å². The summed E-state index contributed by atoms with van der Waals surface area (Å²) in [5.74, 6) is -1.13. The van der Waals surface area contributed by atoms with Gasteiger partial charge < -0.3 is 15.0 Å². The maximum Gasteiger partial charge on any atom is 0.273 e. The standard InChI is InChI=1S/C32H35Cl3N4O7S/c1-20-12-14-24(17-28(20)39(42)43)47(44,45)38(29-16-22(33)13-15-30(29)46-3)19-31(40)37(18-25-26(34)10-7-11-27(25)35)21(2)32(41)36-23-8-5-4-6-9-23/h7,10-17,21,23H,4-6,8-9,18-19H2,1-3H3,(H,36,41)/t21-/m0/s1. The molecule has 1 N–H and O–H groups in total. The van der Waals surface area contributed by atoms with E-state index in [0.29, 0.717) is 5.56 Å². The van der Waals surface area contributed by atoms with E-state index < -0.39 is 49.9 Å². The summed E-state index contributed by atoms with van der Waals surface area (Å²) in [5, 5.41) is 15.4. The first kappa shape index (κ1) is 36.3. The van der Waals surface area contributed by atoms with Gasteiger partial charge in [0.05, 0.1) is 22.6 Å². The first-order valence-electron chi connectivity index (χ1n) is 14.9. The average Bonchev–Trinajstić information content (AvgIpc) is 3.03. The van der Waals surface area contributed by atoms with Crippen molar-refractivity contribution in [3.63, 3.8) is 0 Å². The summed E-state index contributed by atoms with van der Waals surface area (Å²) in [6.45, 7) is 1.98. The van der Waals surface area contributed by atoms with Gasteiger partial charge in [-0.25, -0.2) is 8.42 Å². The van der Waals surface area contributed by atoms with E-state index in [1.165, 1.54) is 49.3 Å². The van der Waals surface area contributed by atoms with Crippen LogP contribution in [0, 0.1) is 17.0 Å². The molecule has 3 aromatic carbocycles. The largest absolute Gasteiger partial charge is 0.495 e. The van der Waals surface area contributed by atoms with Gasteiger partial charge in [-0.05, 0) is 63.1 Å². The molecule has 0 unspecified atom stereocenters. The van der Waals surface area contributed by atoms with Crippen molar-refractivity contribution in [1.82, 2.24) is 10.2 Å². The van der Waals surface area contributed by atoms with Crippen LogP contribution in [-0.4, -0.2) is 55.8 Å². The van der Waals surface area contributed by atoms with Gasteiger partial charge in [-0.3, -0.25) is 24.0 Å². The molecule has 0 bridgehead atoms. The van der Waals surface area contributed by atoms with E-state index >= 15 is 0 Å². The number of methoxy groups -OCH3 is 1. The van der Waals surface area contributed by atoms with Crippen LogP contribution in [0.4, 0.5) is 11.4 Å². The second-order valence-electron chi connectivity index (χ2n) is 11.3. The molecule has 47 heavy (non-hydrogen) atoms. The third-order valence-electron chi connectivity index (χ3n) is 8.16. The van der Waals surface area contributed by atoms with Gasteiger partial charge in [0.1, 0.15) is 18.3 Å². The Balaban J connectivity index is 1.81. The summed E-state index contributed by atoms with van der Waals surface area (Å²) in [6.07, 6.45) is 4.66. The zero-order valence-electron chi connectivity index (χ0n) is 26.0. The molecular weight excluding hydrogens is 691 g/mol. The van der Waals surface area contributed by atoms with Gasteiger partial charge in [0, 0.05) is 44.8 Å². The third-order valence-corrected chi connectivity index (χ3v) is 10.9.